The summed E-state index contributed by atoms with van der Waals surface area (Å²) < 4.78 is 5.59. The molecule has 0 fully saturated rings. The van der Waals surface area contributed by atoms with Crippen molar-refractivity contribution in [3.05, 3.63) is 35.2 Å². The number of carbonyl (C=O) groups excluding carboxylic acids is 1. The number of H-pyrrole nitrogens is 1. The van der Waals surface area contributed by atoms with E-state index in [0.717, 1.165) is 16.9 Å². The smallest absolute Gasteiger partial charge is 0.204 e. The lowest BCUT2D eigenvalue weighted by atomic mass is 10.0. The maximum atomic E-state index is 11.3. The number of aromatic nitrogens is 4. The summed E-state index contributed by atoms with van der Waals surface area (Å²) in [5.41, 5.74) is 2.34. The fourth-order valence-electron chi connectivity index (χ4n) is 1.82. The van der Waals surface area contributed by atoms with E-state index >= 15 is 0 Å². The van der Waals surface area contributed by atoms with Gasteiger partial charge in [0.2, 0.25) is 5.82 Å². The van der Waals surface area contributed by atoms with Crippen molar-refractivity contribution in [3.8, 4) is 5.75 Å². The Morgan fingerprint density at radius 1 is 1.44 bits per heavy atom. The number of hydrogen-bond donors (Lipinski definition) is 1. The summed E-state index contributed by atoms with van der Waals surface area (Å²) in [6.45, 7) is 1.93. The summed E-state index contributed by atoms with van der Waals surface area (Å²) in [5, 5.41) is 13.7. The van der Waals surface area contributed by atoms with Crippen LogP contribution >= 0.6 is 0 Å². The number of Topliss-reactive ketones (excluding diaryl/α,β-unsaturated/α-hetero) is 1. The highest BCUT2D eigenvalue weighted by Gasteiger charge is 2.16. The third-order valence-corrected chi connectivity index (χ3v) is 2.76. The zero-order valence-electron chi connectivity index (χ0n) is 9.67. The Labute approximate surface area is 103 Å². The number of hydrogen-bond acceptors (Lipinski definition) is 5. The van der Waals surface area contributed by atoms with Crippen molar-refractivity contribution < 1.29 is 9.53 Å². The highest BCUT2D eigenvalue weighted by molar-refractivity contribution is 5.96. The Morgan fingerprint density at radius 3 is 3.06 bits per heavy atom. The van der Waals surface area contributed by atoms with Crippen molar-refractivity contribution in [1.82, 2.24) is 20.6 Å². The summed E-state index contributed by atoms with van der Waals surface area (Å²) >= 11 is 0. The number of fused-ring (bicyclic) bond motifs is 1. The summed E-state index contributed by atoms with van der Waals surface area (Å²) in [5.74, 6) is 1.29. The van der Waals surface area contributed by atoms with E-state index in [1.54, 1.807) is 18.2 Å². The van der Waals surface area contributed by atoms with Gasteiger partial charge in [0.05, 0.1) is 0 Å². The van der Waals surface area contributed by atoms with E-state index in [1.807, 2.05) is 6.08 Å². The molecule has 0 saturated heterocycles. The number of nitrogens with one attached hydrogen (secondary N) is 1. The molecule has 1 aromatic carbocycles. The minimum absolute atomic E-state index is 0.0258. The second kappa shape index (κ2) is 4.06. The first-order valence-corrected chi connectivity index (χ1v) is 5.46. The predicted octanol–water partition coefficient (Wildman–Crippen LogP) is 1.34. The maximum absolute atomic E-state index is 11.3. The quantitative estimate of drug-likeness (QED) is 0.803. The van der Waals surface area contributed by atoms with Gasteiger partial charge < -0.3 is 4.74 Å². The second-order valence-corrected chi connectivity index (χ2v) is 4.00. The molecule has 0 aliphatic carbocycles. The molecule has 2 aromatic rings. The molecule has 0 amide bonds. The molecule has 0 spiro atoms. The molecular weight excluding hydrogens is 232 g/mol. The van der Waals surface area contributed by atoms with Crippen molar-refractivity contribution in [1.29, 1.82) is 0 Å². The lowest BCUT2D eigenvalue weighted by Crippen LogP contribution is -2.08. The molecule has 1 aliphatic heterocycles. The Hall–Kier alpha value is -2.50. The molecule has 18 heavy (non-hydrogen) atoms. The number of ketones is 1. The van der Waals surface area contributed by atoms with Crippen LogP contribution in [0.5, 0.6) is 5.75 Å². The predicted molar refractivity (Wildman–Crippen MR) is 64.0 cm³/mol. The van der Waals surface area contributed by atoms with Gasteiger partial charge in [0.25, 0.3) is 0 Å². The average Bonchev–Trinajstić information content (AvgIpc) is 2.91. The molecule has 2 heterocycles. The van der Waals surface area contributed by atoms with Crippen LogP contribution in [-0.2, 0) is 0 Å². The van der Waals surface area contributed by atoms with Crippen LogP contribution in [0.3, 0.4) is 0 Å². The summed E-state index contributed by atoms with van der Waals surface area (Å²) in [7, 11) is 0. The summed E-state index contributed by atoms with van der Waals surface area (Å²) in [6.07, 6.45) is 1.91. The van der Waals surface area contributed by atoms with Gasteiger partial charge in [0.1, 0.15) is 12.4 Å². The highest BCUT2D eigenvalue weighted by Crippen LogP contribution is 2.29. The van der Waals surface area contributed by atoms with Crippen LogP contribution in [0.4, 0.5) is 0 Å². The Kier molecular flexibility index (Phi) is 2.40. The SMILES string of the molecule is CC(=O)c1ccc2c(c1)C=C(c1nn[nH]n1)CO2. The van der Waals surface area contributed by atoms with Crippen LogP contribution < -0.4 is 4.74 Å². The third-order valence-electron chi connectivity index (χ3n) is 2.76. The molecule has 0 saturated carbocycles. The van der Waals surface area contributed by atoms with Gasteiger partial charge in [-0.15, -0.1) is 10.2 Å². The molecule has 6 heteroatoms. The van der Waals surface area contributed by atoms with Gasteiger partial charge in [-0.25, -0.2) is 0 Å². The van der Waals surface area contributed by atoms with Crippen LogP contribution in [0.25, 0.3) is 11.6 Å². The molecule has 1 aromatic heterocycles. The monoisotopic (exact) mass is 242 g/mol. The van der Waals surface area contributed by atoms with E-state index in [9.17, 15) is 4.79 Å². The van der Waals surface area contributed by atoms with Crippen molar-refractivity contribution in [2.45, 2.75) is 6.92 Å². The molecule has 6 nitrogen and oxygen atoms in total. The standard InChI is InChI=1S/C12H10N4O2/c1-7(17)8-2-3-11-9(4-8)5-10(6-18-11)12-13-15-16-14-12/h2-5H,6H2,1H3,(H,13,14,15,16). The largest absolute Gasteiger partial charge is 0.488 e. The van der Waals surface area contributed by atoms with Crippen LogP contribution in [0.15, 0.2) is 18.2 Å². The molecular formula is C12H10N4O2. The maximum Gasteiger partial charge on any atom is 0.204 e. The second-order valence-electron chi connectivity index (χ2n) is 4.00. The zero-order valence-corrected chi connectivity index (χ0v) is 9.67. The van der Waals surface area contributed by atoms with Gasteiger partial charge in [-0.3, -0.25) is 4.79 Å². The topological polar surface area (TPSA) is 80.8 Å². The van der Waals surface area contributed by atoms with Crippen LogP contribution in [-0.4, -0.2) is 33.0 Å². The molecule has 3 rings (SSSR count). The lowest BCUT2D eigenvalue weighted by Gasteiger charge is -2.16. The van der Waals surface area contributed by atoms with Crippen molar-refractivity contribution >= 4 is 17.4 Å². The lowest BCUT2D eigenvalue weighted by molar-refractivity contribution is 0.101. The number of rotatable bonds is 2. The third kappa shape index (κ3) is 1.77. The van der Waals surface area contributed by atoms with Gasteiger partial charge in [-0.05, 0) is 36.4 Å². The van der Waals surface area contributed by atoms with Gasteiger partial charge >= 0.3 is 0 Å². The molecule has 1 aliphatic rings. The molecule has 0 unspecified atom stereocenters. The normalized spacial score (nSPS) is 13.5. The van der Waals surface area contributed by atoms with E-state index in [2.05, 4.69) is 20.6 Å². The van der Waals surface area contributed by atoms with Crippen molar-refractivity contribution in [3.63, 3.8) is 0 Å². The van der Waals surface area contributed by atoms with Crippen LogP contribution in [0.2, 0.25) is 0 Å². The number of benzene rings is 1. The van der Waals surface area contributed by atoms with E-state index in [1.165, 1.54) is 6.92 Å². The van der Waals surface area contributed by atoms with Gasteiger partial charge in [-0.1, -0.05) is 0 Å². The molecule has 0 radical (unpaired) electrons. The van der Waals surface area contributed by atoms with E-state index in [0.29, 0.717) is 18.0 Å². The Balaban J connectivity index is 2.05. The van der Waals surface area contributed by atoms with Crippen LogP contribution in [0.1, 0.15) is 28.7 Å². The molecule has 0 atom stereocenters. The first kappa shape index (κ1) is 10.6. The van der Waals surface area contributed by atoms with Crippen LogP contribution in [0, 0.1) is 0 Å². The van der Waals surface area contributed by atoms with E-state index in [4.69, 9.17) is 4.74 Å². The minimum Gasteiger partial charge on any atom is -0.488 e. The minimum atomic E-state index is 0.0258. The summed E-state index contributed by atoms with van der Waals surface area (Å²) in [6, 6.07) is 5.36. The van der Waals surface area contributed by atoms with E-state index in [-0.39, 0.29) is 5.78 Å². The first-order valence-electron chi connectivity index (χ1n) is 5.46. The molecule has 90 valence electrons. The molecule has 1 N–H and O–H groups in total. The van der Waals surface area contributed by atoms with Gasteiger partial charge in [0.15, 0.2) is 5.78 Å². The number of carbonyl (C=O) groups is 1. The first-order chi connectivity index (χ1) is 8.74. The number of tetrazole rings is 1. The highest BCUT2D eigenvalue weighted by atomic mass is 16.5. The van der Waals surface area contributed by atoms with Crippen molar-refractivity contribution in [2.75, 3.05) is 6.61 Å². The Bertz CT molecular complexity index is 632. The fourth-order valence-corrected chi connectivity index (χ4v) is 1.82. The Morgan fingerprint density at radius 2 is 2.33 bits per heavy atom. The fraction of sp³-hybridized carbons (Fsp3) is 0.167. The average molecular weight is 242 g/mol. The summed E-state index contributed by atoms with van der Waals surface area (Å²) in [4.78, 5) is 11.3. The molecule has 0 bridgehead atoms. The number of nitrogens with zero attached hydrogens (tertiary/aromatic N) is 3. The van der Waals surface area contributed by atoms with Crippen molar-refractivity contribution in [2.24, 2.45) is 0 Å². The number of ether oxygens (including phenoxy) is 1. The van der Waals surface area contributed by atoms with Gasteiger partial charge in [0, 0.05) is 16.7 Å². The zero-order chi connectivity index (χ0) is 12.5. The van der Waals surface area contributed by atoms with Gasteiger partial charge in [-0.2, -0.15) is 5.21 Å². The van der Waals surface area contributed by atoms with E-state index < -0.39 is 0 Å². The number of aromatic amines is 1.